The molecule has 2 amide bonds. The fourth-order valence-electron chi connectivity index (χ4n) is 3.52. The fourth-order valence-corrected chi connectivity index (χ4v) is 6.03. The Balaban J connectivity index is 2.01. The molecule has 1 unspecified atom stereocenters. The van der Waals surface area contributed by atoms with Crippen LogP contribution in [0.1, 0.15) is 35.3 Å². The van der Waals surface area contributed by atoms with Crippen LogP contribution < -0.4 is 15.4 Å². The van der Waals surface area contributed by atoms with Crippen LogP contribution in [0.25, 0.3) is 0 Å². The standard InChI is InChI=1S/C25H31N5O2S/c1-17(2)28-16-23(31)30-33(5,21-8-11-26-12-9-21)25-22(7-6-10-27-25)24(32)29-20-14-18(3)13-19(4)15-20/h6-15,17,28H,16H2,1-5H3,(H,29,32)(H,30,31). The van der Waals surface area contributed by atoms with E-state index in [1.165, 1.54) is 0 Å². The van der Waals surface area contributed by atoms with Gasteiger partial charge in [0, 0.05) is 35.2 Å². The van der Waals surface area contributed by atoms with Gasteiger partial charge in [0.05, 0.1) is 12.1 Å². The highest BCUT2D eigenvalue weighted by atomic mass is 32.3. The third-order valence-electron chi connectivity index (χ3n) is 4.99. The third kappa shape index (κ3) is 6.18. The molecule has 3 aromatic rings. The molecule has 0 fully saturated rings. The Morgan fingerprint density at radius 1 is 1.00 bits per heavy atom. The van der Waals surface area contributed by atoms with E-state index in [9.17, 15) is 9.59 Å². The van der Waals surface area contributed by atoms with Crippen molar-refractivity contribution in [3.63, 3.8) is 0 Å². The van der Waals surface area contributed by atoms with Crippen LogP contribution in [0.15, 0.2) is 71.0 Å². The number of rotatable bonds is 8. The lowest BCUT2D eigenvalue weighted by molar-refractivity contribution is -0.118. The van der Waals surface area contributed by atoms with Gasteiger partial charge in [0.2, 0.25) is 5.91 Å². The van der Waals surface area contributed by atoms with Crippen LogP contribution in [-0.2, 0) is 4.79 Å². The molecule has 0 bridgehead atoms. The zero-order chi connectivity index (χ0) is 24.0. The molecule has 0 radical (unpaired) electrons. The van der Waals surface area contributed by atoms with Gasteiger partial charge in [-0.3, -0.25) is 14.6 Å². The van der Waals surface area contributed by atoms with E-state index in [0.29, 0.717) is 10.6 Å². The second kappa shape index (κ2) is 10.6. The minimum Gasteiger partial charge on any atom is -0.322 e. The van der Waals surface area contributed by atoms with Gasteiger partial charge in [0.15, 0.2) is 0 Å². The molecule has 0 spiro atoms. The number of anilines is 1. The topological polar surface area (TPSA) is 96.0 Å². The van der Waals surface area contributed by atoms with Gasteiger partial charge < -0.3 is 15.4 Å². The van der Waals surface area contributed by atoms with Crippen LogP contribution in [0.2, 0.25) is 0 Å². The van der Waals surface area contributed by atoms with Gasteiger partial charge in [0.25, 0.3) is 5.91 Å². The summed E-state index contributed by atoms with van der Waals surface area (Å²) in [6.07, 6.45) is 6.94. The number of carbonyl (C=O) groups excluding carboxylic acids is 2. The minimum atomic E-state index is -2.18. The molecule has 174 valence electrons. The van der Waals surface area contributed by atoms with Crippen LogP contribution in [0, 0.1) is 13.8 Å². The van der Waals surface area contributed by atoms with E-state index in [4.69, 9.17) is 0 Å². The molecule has 1 aromatic carbocycles. The largest absolute Gasteiger partial charge is 0.322 e. The molecule has 0 aliphatic carbocycles. The highest BCUT2D eigenvalue weighted by molar-refractivity contribution is 8.32. The lowest BCUT2D eigenvalue weighted by atomic mass is 10.1. The van der Waals surface area contributed by atoms with Gasteiger partial charge in [-0.2, -0.15) is 0 Å². The van der Waals surface area contributed by atoms with Crippen molar-refractivity contribution in [2.75, 3.05) is 18.1 Å². The van der Waals surface area contributed by atoms with E-state index in [1.54, 1.807) is 30.7 Å². The van der Waals surface area contributed by atoms with Gasteiger partial charge in [-0.05, 0) is 67.6 Å². The number of amides is 2. The zero-order valence-electron chi connectivity index (χ0n) is 19.7. The number of carbonyl (C=O) groups is 2. The second-order valence-corrected chi connectivity index (χ2v) is 11.2. The van der Waals surface area contributed by atoms with Crippen LogP contribution in [-0.4, -0.2) is 40.6 Å². The number of pyridine rings is 2. The number of aromatic nitrogens is 2. The number of hydrogen-bond acceptors (Lipinski definition) is 5. The number of nitrogens with one attached hydrogen (secondary N) is 3. The first kappa shape index (κ1) is 24.4. The van der Waals surface area contributed by atoms with E-state index < -0.39 is 10.2 Å². The molecule has 7 nitrogen and oxygen atoms in total. The van der Waals surface area contributed by atoms with Crippen molar-refractivity contribution in [2.24, 2.45) is 0 Å². The van der Waals surface area contributed by atoms with E-state index in [2.05, 4.69) is 31.4 Å². The summed E-state index contributed by atoms with van der Waals surface area (Å²) in [5, 5.41) is 6.67. The third-order valence-corrected chi connectivity index (χ3v) is 7.94. The van der Waals surface area contributed by atoms with Crippen molar-refractivity contribution < 1.29 is 9.59 Å². The van der Waals surface area contributed by atoms with Gasteiger partial charge in [0.1, 0.15) is 5.03 Å². The smallest absolute Gasteiger partial charge is 0.258 e. The SMILES string of the molecule is Cc1cc(C)cc(NC(=O)c2cccnc2S(C)(NC(=O)CNC(C)C)c2ccncc2)c1. The summed E-state index contributed by atoms with van der Waals surface area (Å²) >= 11 is 0. The Hall–Kier alpha value is -3.23. The summed E-state index contributed by atoms with van der Waals surface area (Å²) in [5.41, 5.74) is 3.27. The number of benzene rings is 1. The van der Waals surface area contributed by atoms with Crippen molar-refractivity contribution in [1.82, 2.24) is 20.0 Å². The Morgan fingerprint density at radius 3 is 2.30 bits per heavy atom. The van der Waals surface area contributed by atoms with Gasteiger partial charge in [-0.15, -0.1) is 0 Å². The molecular weight excluding hydrogens is 434 g/mol. The quantitative estimate of drug-likeness (QED) is 0.463. The molecule has 0 saturated heterocycles. The maximum Gasteiger partial charge on any atom is 0.258 e. The van der Waals surface area contributed by atoms with Gasteiger partial charge >= 0.3 is 0 Å². The first-order valence-corrected chi connectivity index (χ1v) is 12.8. The number of nitrogens with zero attached hydrogens (tertiary/aromatic N) is 2. The first-order chi connectivity index (χ1) is 15.7. The summed E-state index contributed by atoms with van der Waals surface area (Å²) in [7, 11) is -2.18. The highest BCUT2D eigenvalue weighted by Crippen LogP contribution is 2.56. The van der Waals surface area contributed by atoms with Crippen LogP contribution in [0.5, 0.6) is 0 Å². The summed E-state index contributed by atoms with van der Waals surface area (Å²) in [6.45, 7) is 8.11. The molecule has 0 aliphatic rings. The lowest BCUT2D eigenvalue weighted by Crippen LogP contribution is -2.38. The van der Waals surface area contributed by atoms with Crippen LogP contribution in [0.3, 0.4) is 0 Å². The van der Waals surface area contributed by atoms with Crippen molar-refractivity contribution in [3.8, 4) is 0 Å². The van der Waals surface area contributed by atoms with E-state index in [0.717, 1.165) is 21.7 Å². The van der Waals surface area contributed by atoms with E-state index in [1.807, 2.05) is 58.2 Å². The molecule has 3 rings (SSSR count). The van der Waals surface area contributed by atoms with Crippen LogP contribution >= 0.6 is 10.2 Å². The van der Waals surface area contributed by atoms with Gasteiger partial charge in [-0.25, -0.2) is 4.98 Å². The predicted molar refractivity (Wildman–Crippen MR) is 134 cm³/mol. The Labute approximate surface area is 196 Å². The molecule has 33 heavy (non-hydrogen) atoms. The Bertz CT molecular complexity index is 1120. The Kier molecular flexibility index (Phi) is 7.84. The van der Waals surface area contributed by atoms with E-state index in [-0.39, 0.29) is 24.4 Å². The van der Waals surface area contributed by atoms with Crippen molar-refractivity contribution >= 4 is 27.7 Å². The highest BCUT2D eigenvalue weighted by Gasteiger charge is 2.31. The number of aryl methyl sites for hydroxylation is 2. The van der Waals surface area contributed by atoms with Crippen LogP contribution in [0.4, 0.5) is 5.69 Å². The Morgan fingerprint density at radius 2 is 1.67 bits per heavy atom. The second-order valence-electron chi connectivity index (χ2n) is 8.35. The van der Waals surface area contributed by atoms with E-state index >= 15 is 0 Å². The molecule has 1 atom stereocenters. The summed E-state index contributed by atoms with van der Waals surface area (Å²) in [5.74, 6) is -0.435. The normalized spacial score (nSPS) is 13.8. The molecule has 2 aromatic heterocycles. The van der Waals surface area contributed by atoms with Crippen molar-refractivity contribution in [1.29, 1.82) is 0 Å². The predicted octanol–water partition coefficient (Wildman–Crippen LogP) is 4.23. The van der Waals surface area contributed by atoms with Gasteiger partial charge in [-0.1, -0.05) is 30.1 Å². The molecule has 0 aliphatic heterocycles. The molecular formula is C25H31N5O2S. The monoisotopic (exact) mass is 465 g/mol. The first-order valence-electron chi connectivity index (χ1n) is 10.8. The minimum absolute atomic E-state index is 0.163. The summed E-state index contributed by atoms with van der Waals surface area (Å²) in [6, 6.07) is 13.3. The summed E-state index contributed by atoms with van der Waals surface area (Å²) < 4.78 is 3.17. The zero-order valence-corrected chi connectivity index (χ0v) is 20.5. The molecule has 3 N–H and O–H groups in total. The number of hydrogen-bond donors (Lipinski definition) is 3. The lowest BCUT2D eigenvalue weighted by Gasteiger charge is -2.37. The maximum absolute atomic E-state index is 13.4. The fraction of sp³-hybridized carbons (Fsp3) is 0.280. The maximum atomic E-state index is 13.4. The average Bonchev–Trinajstić information content (AvgIpc) is 2.77. The average molecular weight is 466 g/mol. The molecule has 0 saturated carbocycles. The van der Waals surface area contributed by atoms with Crippen molar-refractivity contribution in [2.45, 2.75) is 43.7 Å². The summed E-state index contributed by atoms with van der Waals surface area (Å²) in [4.78, 5) is 35.8. The molecule has 2 heterocycles. The molecule has 8 heteroatoms. The van der Waals surface area contributed by atoms with Crippen molar-refractivity contribution in [3.05, 3.63) is 77.7 Å².